The molecule has 1 aromatic carbocycles. The number of alkyl halides is 1. The minimum atomic E-state index is -1.30. The van der Waals surface area contributed by atoms with Crippen molar-refractivity contribution in [2.24, 2.45) is 40.2 Å². The third-order valence-corrected chi connectivity index (χ3v) is 11.1. The van der Waals surface area contributed by atoms with Gasteiger partial charge in [-0.1, -0.05) is 32.1 Å². The van der Waals surface area contributed by atoms with Crippen molar-refractivity contribution in [3.63, 3.8) is 0 Å². The lowest BCUT2D eigenvalue weighted by molar-refractivity contribution is -0.492. The Morgan fingerprint density at radius 3 is 2.51 bits per heavy atom. The van der Waals surface area contributed by atoms with Gasteiger partial charge in [0, 0.05) is 17.3 Å². The lowest BCUT2D eigenvalue weighted by Crippen LogP contribution is -2.58. The molecule has 0 aromatic heterocycles. The van der Waals surface area contributed by atoms with Crippen LogP contribution in [0.5, 0.6) is 5.75 Å². The van der Waals surface area contributed by atoms with E-state index < -0.39 is 53.8 Å². The number of carbonyl (C=O) groups is 4. The van der Waals surface area contributed by atoms with Gasteiger partial charge in [-0.2, -0.15) is 0 Å². The second-order valence-electron chi connectivity index (χ2n) is 14.0. The van der Waals surface area contributed by atoms with Crippen molar-refractivity contribution >= 4 is 23.7 Å². The highest BCUT2D eigenvalue weighted by Gasteiger charge is 2.64. The molecule has 5 rings (SSSR count). The van der Waals surface area contributed by atoms with E-state index in [0.717, 1.165) is 0 Å². The van der Waals surface area contributed by atoms with Crippen LogP contribution in [-0.2, 0) is 35.1 Å². The quantitative estimate of drug-likeness (QED) is 0.101. The second-order valence-corrected chi connectivity index (χ2v) is 14.0. The summed E-state index contributed by atoms with van der Waals surface area (Å²) in [6.07, 6.45) is 4.21. The largest absolute Gasteiger partial charge is 0.514 e. The number of unbranched alkanes of at least 4 members (excludes halogenated alkanes) is 1. The van der Waals surface area contributed by atoms with Crippen LogP contribution >= 0.6 is 0 Å². The lowest BCUT2D eigenvalue weighted by Gasteiger charge is -2.59. The number of aliphatic hydroxyl groups is 1. The number of nitrogens with two attached hydrogens (primary N) is 1. The number of ether oxygens (including phenoxy) is 3. The van der Waals surface area contributed by atoms with Crippen LogP contribution < -0.4 is 10.5 Å². The number of aliphatic hydroxyl groups excluding tert-OH is 1. The topological polar surface area (TPSA) is 195 Å². The van der Waals surface area contributed by atoms with E-state index in [2.05, 4.69) is 4.84 Å². The molecule has 0 aliphatic heterocycles. The number of esters is 1. The first kappa shape index (κ1) is 36.7. The van der Waals surface area contributed by atoms with Crippen molar-refractivity contribution in [2.75, 3.05) is 19.8 Å². The summed E-state index contributed by atoms with van der Waals surface area (Å²) in [5.41, 5.74) is 5.69. The minimum absolute atomic E-state index is 0.00946. The Hall–Kier alpha value is -3.53. The molecule has 14 heteroatoms. The van der Waals surface area contributed by atoms with Crippen LogP contribution in [0.3, 0.4) is 0 Å². The Kier molecular flexibility index (Phi) is 11.4. The number of ketones is 2. The number of rotatable bonds is 13. The summed E-state index contributed by atoms with van der Waals surface area (Å²) in [5.74, 6) is -1.89. The molecule has 0 spiro atoms. The van der Waals surface area contributed by atoms with Gasteiger partial charge >= 0.3 is 12.1 Å². The summed E-state index contributed by atoms with van der Waals surface area (Å²) in [7, 11) is 0. The zero-order valence-corrected chi connectivity index (χ0v) is 27.7. The highest BCUT2D eigenvalue weighted by atomic mass is 19.1. The number of fused-ring (bicyclic) bond motifs is 5. The van der Waals surface area contributed by atoms with Crippen LogP contribution in [0, 0.1) is 34.5 Å². The Bertz CT molecular complexity index is 1470. The lowest BCUT2D eigenvalue weighted by atomic mass is 9.46. The Morgan fingerprint density at radius 1 is 1.08 bits per heavy atom. The van der Waals surface area contributed by atoms with Gasteiger partial charge in [0.25, 0.3) is 0 Å². The molecule has 0 heterocycles. The highest BCUT2D eigenvalue weighted by Crippen LogP contribution is 2.66. The molecule has 4 aliphatic carbocycles. The van der Waals surface area contributed by atoms with Gasteiger partial charge < -0.3 is 25.1 Å². The Balaban J connectivity index is 1.09. The molecule has 9 atom stereocenters. The van der Waals surface area contributed by atoms with Crippen molar-refractivity contribution in [3.05, 3.63) is 53.6 Å². The van der Waals surface area contributed by atoms with E-state index in [1.165, 1.54) is 24.3 Å². The molecule has 0 amide bonds. The van der Waals surface area contributed by atoms with Crippen LogP contribution in [0.2, 0.25) is 0 Å². The van der Waals surface area contributed by atoms with Gasteiger partial charge in [-0.25, -0.2) is 9.18 Å². The summed E-state index contributed by atoms with van der Waals surface area (Å²) in [6, 6.07) is 5.34. The number of Topliss-reactive ketones (excluding diaryl/α,β-unsaturated/α-hetero) is 1. The number of carbonyl (C=O) groups excluding carboxylic acids is 4. The number of hydrogen-bond donors (Lipinski definition) is 4. The first-order valence-corrected chi connectivity index (χ1v) is 16.7. The maximum Gasteiger partial charge on any atom is 0.514 e. The minimum Gasteiger partial charge on any atom is -0.465 e. The molecule has 3 saturated carbocycles. The molecule has 5 unspecified atom stereocenters. The van der Waals surface area contributed by atoms with Crippen molar-refractivity contribution in [1.29, 1.82) is 0 Å². The van der Waals surface area contributed by atoms with Gasteiger partial charge in [0.05, 0.1) is 24.7 Å². The first-order valence-electron chi connectivity index (χ1n) is 16.7. The number of allylic oxidation sites excluding steroid dienone is 4. The van der Waals surface area contributed by atoms with Gasteiger partial charge in [0.15, 0.2) is 18.2 Å². The molecule has 3 fully saturated rings. The highest BCUT2D eigenvalue weighted by molar-refractivity contribution is 6.01. The van der Waals surface area contributed by atoms with E-state index >= 15 is 4.39 Å². The van der Waals surface area contributed by atoms with Crippen molar-refractivity contribution in [1.82, 2.24) is 5.39 Å². The van der Waals surface area contributed by atoms with E-state index in [4.69, 9.17) is 30.4 Å². The summed E-state index contributed by atoms with van der Waals surface area (Å²) in [5, 5.41) is 28.0. The molecule has 5 N–H and O–H groups in total. The van der Waals surface area contributed by atoms with Gasteiger partial charge in [-0.15, -0.1) is 0 Å². The SMILES string of the molecule is C[C@]12C[C@H](O)C3[C@@H](CC(F)C4=CC(=O)C=C[C@@]43C)C1CCC2C(=O)COC(=O)Oc1ccc(CC(N)C(=O)OCCCCON(O)O)cc1. The smallest absolute Gasteiger partial charge is 0.465 e. The van der Waals surface area contributed by atoms with Gasteiger partial charge in [0.1, 0.15) is 18.0 Å². The van der Waals surface area contributed by atoms with Gasteiger partial charge in [-0.3, -0.25) is 29.6 Å². The van der Waals surface area contributed by atoms with Crippen LogP contribution in [-0.4, -0.2) is 82.7 Å². The van der Waals surface area contributed by atoms with E-state index in [9.17, 15) is 24.3 Å². The van der Waals surface area contributed by atoms with Crippen LogP contribution in [0.1, 0.15) is 57.9 Å². The fourth-order valence-electron chi connectivity index (χ4n) is 8.88. The molecular weight excluding hydrogens is 643 g/mol. The third kappa shape index (κ3) is 7.95. The standard InChI is InChI=1S/C35H45FN2O11/c1-34-12-11-21(39)16-26(34)27(36)17-23-24-9-10-25(35(24,2)18-29(40)31(23)34)30(41)19-47-33(43)49-22-7-5-20(6-8-22)15-28(37)32(42)46-13-3-4-14-48-38(44)45/h5-8,11-12,16,23-25,27-29,31,40,44-45H,3-4,9-10,13-15,17-19,37H2,1-2H3/t23-,24?,25?,27?,28?,29-,31?,34-,35-/m0/s1. The van der Waals surface area contributed by atoms with Crippen molar-refractivity contribution in [2.45, 2.75) is 77.1 Å². The van der Waals surface area contributed by atoms with E-state index in [1.807, 2.05) is 13.8 Å². The molecule has 4 aliphatic rings. The predicted octanol–water partition coefficient (Wildman–Crippen LogP) is 3.82. The zero-order valence-electron chi connectivity index (χ0n) is 27.7. The predicted molar refractivity (Wildman–Crippen MR) is 168 cm³/mol. The zero-order chi connectivity index (χ0) is 35.5. The number of halogens is 1. The fraction of sp³-hybridized carbons (Fsp3) is 0.600. The van der Waals surface area contributed by atoms with Crippen LogP contribution in [0.4, 0.5) is 9.18 Å². The Morgan fingerprint density at radius 2 is 1.80 bits per heavy atom. The Labute approximate surface area is 283 Å². The average Bonchev–Trinajstić information content (AvgIpc) is 3.39. The van der Waals surface area contributed by atoms with E-state index in [1.54, 1.807) is 18.2 Å². The molecule has 1 aromatic rings. The molecule has 268 valence electrons. The summed E-state index contributed by atoms with van der Waals surface area (Å²) in [6.45, 7) is 3.49. The third-order valence-electron chi connectivity index (χ3n) is 11.1. The summed E-state index contributed by atoms with van der Waals surface area (Å²) >= 11 is 0. The van der Waals surface area contributed by atoms with E-state index in [0.29, 0.717) is 43.2 Å². The van der Waals surface area contributed by atoms with Crippen molar-refractivity contribution < 1.29 is 58.1 Å². The average molecular weight is 689 g/mol. The van der Waals surface area contributed by atoms with Gasteiger partial charge in [0.2, 0.25) is 0 Å². The number of hydrogen-bond acceptors (Lipinski definition) is 13. The monoisotopic (exact) mass is 688 g/mol. The molecule has 0 bridgehead atoms. The maximum atomic E-state index is 15.5. The maximum absolute atomic E-state index is 15.5. The molecule has 49 heavy (non-hydrogen) atoms. The first-order chi connectivity index (χ1) is 23.2. The van der Waals surface area contributed by atoms with Crippen molar-refractivity contribution in [3.8, 4) is 5.75 Å². The molecule has 13 nitrogen and oxygen atoms in total. The number of benzene rings is 1. The van der Waals surface area contributed by atoms with E-state index in [-0.39, 0.29) is 66.5 Å². The second kappa shape index (κ2) is 15.2. The summed E-state index contributed by atoms with van der Waals surface area (Å²) < 4.78 is 31.1. The van der Waals surface area contributed by atoms with Gasteiger partial charge in [-0.05, 0) is 97.6 Å². The van der Waals surface area contributed by atoms with Crippen LogP contribution in [0.15, 0.2) is 48.1 Å². The summed E-state index contributed by atoms with van der Waals surface area (Å²) in [4.78, 5) is 54.5. The molecular formula is C35H45FN2O11. The number of nitrogens with zero attached hydrogens (tertiary/aromatic N) is 1. The van der Waals surface area contributed by atoms with Crippen LogP contribution in [0.25, 0.3) is 0 Å². The molecule has 0 saturated heterocycles. The normalized spacial score (nSPS) is 32.4. The molecule has 0 radical (unpaired) electrons. The fourth-order valence-corrected chi connectivity index (χ4v) is 8.88.